The van der Waals surface area contributed by atoms with Gasteiger partial charge in [0.05, 0.1) is 11.8 Å². The van der Waals surface area contributed by atoms with Crippen LogP contribution in [0.5, 0.6) is 0 Å². The van der Waals surface area contributed by atoms with Gasteiger partial charge in [-0.1, -0.05) is 38.4 Å². The quantitative estimate of drug-likeness (QED) is 0.521. The molecule has 0 bridgehead atoms. The summed E-state index contributed by atoms with van der Waals surface area (Å²) in [6.45, 7) is 7.96. The molecule has 0 aliphatic heterocycles. The summed E-state index contributed by atoms with van der Waals surface area (Å²) in [6, 6.07) is -0.931. The summed E-state index contributed by atoms with van der Waals surface area (Å²) in [5, 5.41) is 26.6. The molecule has 0 saturated heterocycles. The topological polar surface area (TPSA) is 108 Å². The van der Waals surface area contributed by atoms with Gasteiger partial charge in [-0.2, -0.15) is 0 Å². The molecule has 33 heavy (non-hydrogen) atoms. The van der Waals surface area contributed by atoms with Gasteiger partial charge in [0.1, 0.15) is 6.04 Å². The molecule has 0 radical (unpaired) electrons. The number of hydrogen-bond donors (Lipinski definition) is 3. The number of carboxylic acids is 1. The largest absolute Gasteiger partial charge is 0.480 e. The maximum atomic E-state index is 12.1. The average molecular weight is 461 g/mol. The van der Waals surface area contributed by atoms with Crippen molar-refractivity contribution in [2.75, 3.05) is 6.61 Å². The van der Waals surface area contributed by atoms with E-state index in [0.29, 0.717) is 17.8 Å². The Morgan fingerprint density at radius 3 is 2.61 bits per heavy atom. The lowest BCUT2D eigenvalue weighted by Crippen LogP contribution is -2.51. The van der Waals surface area contributed by atoms with E-state index in [0.717, 1.165) is 44.2 Å². The van der Waals surface area contributed by atoms with Gasteiger partial charge in [0.15, 0.2) is 6.61 Å². The van der Waals surface area contributed by atoms with Crippen molar-refractivity contribution < 1.29 is 24.6 Å². The summed E-state index contributed by atoms with van der Waals surface area (Å²) in [4.78, 5) is 28.6. The lowest BCUT2D eigenvalue weighted by atomic mass is 9.47. The van der Waals surface area contributed by atoms with E-state index in [1.807, 2.05) is 0 Å². The van der Waals surface area contributed by atoms with Gasteiger partial charge in [0.25, 0.3) is 5.91 Å². The fourth-order valence-electron chi connectivity index (χ4n) is 7.52. The van der Waals surface area contributed by atoms with Crippen LogP contribution in [0.2, 0.25) is 0 Å². The number of carbonyl (C=O) groups is 2. The molecule has 7 nitrogen and oxygen atoms in total. The number of fused-ring (bicyclic) bond motifs is 5. The summed E-state index contributed by atoms with van der Waals surface area (Å²) in [7, 11) is 0. The summed E-state index contributed by atoms with van der Waals surface area (Å²) in [6.07, 6.45) is 10.6. The van der Waals surface area contributed by atoms with Crippen LogP contribution in [0.1, 0.15) is 79.1 Å². The van der Waals surface area contributed by atoms with E-state index in [1.165, 1.54) is 18.4 Å². The first kappa shape index (κ1) is 24.2. The number of aliphatic hydroxyl groups is 1. The van der Waals surface area contributed by atoms with E-state index in [2.05, 4.69) is 30.4 Å². The zero-order valence-corrected chi connectivity index (χ0v) is 20.5. The number of nitrogens with one attached hydrogen (secondary N) is 1. The monoisotopic (exact) mass is 460 g/mol. The summed E-state index contributed by atoms with van der Waals surface area (Å²) in [5.74, 6) is 0.272. The molecular formula is C26H40N2O5. The molecule has 184 valence electrons. The van der Waals surface area contributed by atoms with Gasteiger partial charge in [0.2, 0.25) is 0 Å². The van der Waals surface area contributed by atoms with Gasteiger partial charge in [0, 0.05) is 0 Å². The molecule has 0 aromatic heterocycles. The van der Waals surface area contributed by atoms with Crippen LogP contribution in [0.25, 0.3) is 0 Å². The van der Waals surface area contributed by atoms with Crippen LogP contribution in [0, 0.1) is 34.5 Å². The Morgan fingerprint density at radius 1 is 1.15 bits per heavy atom. The third kappa shape index (κ3) is 4.33. The minimum Gasteiger partial charge on any atom is -0.480 e. The molecule has 0 heterocycles. The first-order valence-electron chi connectivity index (χ1n) is 12.7. The van der Waals surface area contributed by atoms with Crippen molar-refractivity contribution in [2.45, 2.75) is 91.2 Å². The minimum atomic E-state index is -1.05. The number of hydrogen-bond acceptors (Lipinski definition) is 5. The predicted octanol–water partition coefficient (Wildman–Crippen LogP) is 3.91. The molecule has 0 aromatic rings. The predicted molar refractivity (Wildman–Crippen MR) is 126 cm³/mol. The summed E-state index contributed by atoms with van der Waals surface area (Å²) in [5.41, 5.74) is 2.60. The average Bonchev–Trinajstić information content (AvgIpc) is 3.06. The smallest absolute Gasteiger partial charge is 0.326 e. The maximum Gasteiger partial charge on any atom is 0.326 e. The Bertz CT molecular complexity index is 852. The minimum absolute atomic E-state index is 0.101. The SMILES string of the molecule is CC(C)[C@H](NC(=O)CO/N=C1\C=C2CC[C@H]3[C@H]4CC[C@H](O)[C@@]4(C)CC[C@H]3[C@@]2(C)CC1)C(=O)O. The van der Waals surface area contributed by atoms with E-state index >= 15 is 0 Å². The van der Waals surface area contributed by atoms with Crippen molar-refractivity contribution in [3.63, 3.8) is 0 Å². The fourth-order valence-corrected chi connectivity index (χ4v) is 7.52. The van der Waals surface area contributed by atoms with Crippen molar-refractivity contribution in [1.82, 2.24) is 5.32 Å². The maximum absolute atomic E-state index is 12.1. The highest BCUT2D eigenvalue weighted by Crippen LogP contribution is 2.65. The van der Waals surface area contributed by atoms with Crippen molar-refractivity contribution in [3.05, 3.63) is 11.6 Å². The van der Waals surface area contributed by atoms with Crippen LogP contribution < -0.4 is 5.32 Å². The number of allylic oxidation sites excluding steroid dienone is 2. The third-order valence-corrected chi connectivity index (χ3v) is 9.55. The van der Waals surface area contributed by atoms with Gasteiger partial charge >= 0.3 is 5.97 Å². The van der Waals surface area contributed by atoms with Crippen LogP contribution in [0.15, 0.2) is 16.8 Å². The molecule has 4 aliphatic rings. The number of amides is 1. The molecule has 3 fully saturated rings. The van der Waals surface area contributed by atoms with E-state index in [1.54, 1.807) is 13.8 Å². The normalized spacial score (nSPS) is 39.8. The Morgan fingerprint density at radius 2 is 1.91 bits per heavy atom. The van der Waals surface area contributed by atoms with Crippen molar-refractivity contribution >= 4 is 17.6 Å². The highest BCUT2D eigenvalue weighted by Gasteiger charge is 2.58. The van der Waals surface area contributed by atoms with Gasteiger partial charge < -0.3 is 20.4 Å². The molecule has 0 spiro atoms. The molecule has 4 aliphatic carbocycles. The van der Waals surface area contributed by atoms with Crippen LogP contribution in [0.3, 0.4) is 0 Å². The third-order valence-electron chi connectivity index (χ3n) is 9.55. The second kappa shape index (κ2) is 9.05. The van der Waals surface area contributed by atoms with Gasteiger partial charge in [-0.05, 0) is 91.9 Å². The van der Waals surface area contributed by atoms with E-state index in [-0.39, 0.29) is 29.5 Å². The lowest BCUT2D eigenvalue weighted by molar-refractivity contribution is -0.143. The Labute approximate surface area is 197 Å². The molecular weight excluding hydrogens is 420 g/mol. The highest BCUT2D eigenvalue weighted by molar-refractivity contribution is 5.96. The van der Waals surface area contributed by atoms with Crippen LogP contribution >= 0.6 is 0 Å². The van der Waals surface area contributed by atoms with Crippen molar-refractivity contribution in [2.24, 2.45) is 39.7 Å². The second-order valence-corrected chi connectivity index (χ2v) is 11.6. The number of carboxylic acid groups (broad SMARTS) is 1. The van der Waals surface area contributed by atoms with E-state index < -0.39 is 17.9 Å². The van der Waals surface area contributed by atoms with Crippen molar-refractivity contribution in [1.29, 1.82) is 0 Å². The molecule has 4 rings (SSSR count). The zero-order chi connectivity index (χ0) is 24.0. The van der Waals surface area contributed by atoms with Crippen molar-refractivity contribution in [3.8, 4) is 0 Å². The standard InChI is InChI=1S/C26H40N2O5/c1-15(2)23(24(31)32)27-22(30)14-33-28-17-9-11-25(3)16(13-17)5-6-18-19-7-8-21(29)26(19,4)12-10-20(18)25/h13,15,18-21,23,29H,5-12,14H2,1-4H3,(H,27,30)(H,31,32)/b28-17-/t18-,19+,20+,21-,23-,25-,26-/m0/s1. The van der Waals surface area contributed by atoms with E-state index in [4.69, 9.17) is 4.84 Å². The van der Waals surface area contributed by atoms with Gasteiger partial charge in [-0.3, -0.25) is 4.79 Å². The summed E-state index contributed by atoms with van der Waals surface area (Å²) >= 11 is 0. The number of aliphatic hydroxyl groups excluding tert-OH is 1. The van der Waals surface area contributed by atoms with Gasteiger partial charge in [-0.15, -0.1) is 0 Å². The van der Waals surface area contributed by atoms with Gasteiger partial charge in [-0.25, -0.2) is 4.79 Å². The summed E-state index contributed by atoms with van der Waals surface area (Å²) < 4.78 is 0. The van der Waals surface area contributed by atoms with E-state index in [9.17, 15) is 19.8 Å². The molecule has 1 amide bonds. The molecule has 3 saturated carbocycles. The number of oxime groups is 1. The second-order valence-electron chi connectivity index (χ2n) is 11.6. The number of carbonyl (C=O) groups excluding carboxylic acids is 1. The number of nitrogens with zero attached hydrogens (tertiary/aromatic N) is 1. The highest BCUT2D eigenvalue weighted by atomic mass is 16.6. The molecule has 0 unspecified atom stereocenters. The first-order valence-corrected chi connectivity index (χ1v) is 12.7. The zero-order valence-electron chi connectivity index (χ0n) is 20.5. The van der Waals surface area contributed by atoms with Crippen LogP contribution in [0.4, 0.5) is 0 Å². The Kier molecular flexibility index (Phi) is 6.64. The van der Waals surface area contributed by atoms with Crippen LogP contribution in [-0.4, -0.2) is 46.6 Å². The van der Waals surface area contributed by atoms with Crippen LogP contribution in [-0.2, 0) is 14.4 Å². The molecule has 3 N–H and O–H groups in total. The lowest BCUT2D eigenvalue weighted by Gasteiger charge is -2.57. The molecule has 0 aromatic carbocycles. The Balaban J connectivity index is 1.39. The Hall–Kier alpha value is -1.89. The molecule has 7 atom stereocenters. The fraction of sp³-hybridized carbons (Fsp3) is 0.808. The number of aliphatic carboxylic acids is 1. The number of rotatable bonds is 6. The first-order chi connectivity index (χ1) is 15.6. The molecule has 7 heteroatoms.